The van der Waals surface area contributed by atoms with E-state index in [1.54, 1.807) is 49.4 Å². The molecule has 1 N–H and O–H groups in total. The Bertz CT molecular complexity index is 968. The standard InChI is InChI=1S/C20H19Cl2N3O3/c1-27-17-8-3-5-13(20(17)28-2)12-25-18(9-10-23-25)24-19(26)11-14-15(21)6-4-7-16(14)22/h3-10H,11-12H2,1-2H3,(H,24,26). The van der Waals surface area contributed by atoms with Gasteiger partial charge in [-0.2, -0.15) is 5.10 Å². The zero-order valence-electron chi connectivity index (χ0n) is 15.4. The number of hydrogen-bond donors (Lipinski definition) is 1. The quantitative estimate of drug-likeness (QED) is 0.614. The summed E-state index contributed by atoms with van der Waals surface area (Å²) in [6.45, 7) is 0.399. The van der Waals surface area contributed by atoms with Crippen molar-refractivity contribution in [3.63, 3.8) is 0 Å². The molecule has 0 atom stereocenters. The van der Waals surface area contributed by atoms with Gasteiger partial charge in [0, 0.05) is 21.7 Å². The fraction of sp³-hybridized carbons (Fsp3) is 0.200. The van der Waals surface area contributed by atoms with E-state index in [1.165, 1.54) is 0 Å². The Labute approximate surface area is 173 Å². The van der Waals surface area contributed by atoms with Crippen LogP contribution in [0.15, 0.2) is 48.7 Å². The van der Waals surface area contributed by atoms with Gasteiger partial charge in [-0.1, -0.05) is 41.4 Å². The third kappa shape index (κ3) is 4.40. The van der Waals surface area contributed by atoms with Gasteiger partial charge >= 0.3 is 0 Å². The molecule has 2 aromatic carbocycles. The second kappa shape index (κ2) is 8.99. The molecule has 0 unspecified atom stereocenters. The van der Waals surface area contributed by atoms with Gasteiger partial charge in [0.15, 0.2) is 11.5 Å². The monoisotopic (exact) mass is 419 g/mol. The highest BCUT2D eigenvalue weighted by atomic mass is 35.5. The van der Waals surface area contributed by atoms with Crippen molar-refractivity contribution in [1.82, 2.24) is 9.78 Å². The molecule has 0 radical (unpaired) electrons. The Morgan fingerprint density at radius 2 is 1.79 bits per heavy atom. The van der Waals surface area contributed by atoms with Crippen LogP contribution in [0.4, 0.5) is 5.82 Å². The number of ether oxygens (including phenoxy) is 2. The van der Waals surface area contributed by atoms with Gasteiger partial charge < -0.3 is 14.8 Å². The minimum absolute atomic E-state index is 0.0617. The molecule has 0 saturated heterocycles. The molecule has 1 heterocycles. The highest BCUT2D eigenvalue weighted by Crippen LogP contribution is 2.31. The summed E-state index contributed by atoms with van der Waals surface area (Å²) >= 11 is 12.3. The molecular formula is C20H19Cl2N3O3. The van der Waals surface area contributed by atoms with Gasteiger partial charge in [-0.05, 0) is 23.8 Å². The second-order valence-electron chi connectivity index (χ2n) is 5.95. The lowest BCUT2D eigenvalue weighted by atomic mass is 10.1. The molecule has 8 heteroatoms. The van der Waals surface area contributed by atoms with Gasteiger partial charge in [0.1, 0.15) is 5.82 Å². The highest BCUT2D eigenvalue weighted by Gasteiger charge is 2.15. The summed E-state index contributed by atoms with van der Waals surface area (Å²) in [4.78, 5) is 12.5. The van der Waals surface area contributed by atoms with E-state index >= 15 is 0 Å². The largest absolute Gasteiger partial charge is 0.493 e. The molecule has 6 nitrogen and oxygen atoms in total. The predicted molar refractivity (Wildman–Crippen MR) is 110 cm³/mol. The zero-order valence-corrected chi connectivity index (χ0v) is 16.9. The molecule has 0 fully saturated rings. The molecule has 146 valence electrons. The Balaban J connectivity index is 1.77. The Morgan fingerprint density at radius 3 is 2.46 bits per heavy atom. The molecule has 0 bridgehead atoms. The van der Waals surface area contributed by atoms with Gasteiger partial charge in [0.2, 0.25) is 5.91 Å². The van der Waals surface area contributed by atoms with E-state index in [0.29, 0.717) is 39.5 Å². The van der Waals surface area contributed by atoms with Gasteiger partial charge in [-0.3, -0.25) is 4.79 Å². The fourth-order valence-corrected chi connectivity index (χ4v) is 3.38. The lowest BCUT2D eigenvalue weighted by molar-refractivity contribution is -0.115. The number of methoxy groups -OCH3 is 2. The van der Waals surface area contributed by atoms with Gasteiger partial charge in [0.05, 0.1) is 33.4 Å². The topological polar surface area (TPSA) is 65.4 Å². The van der Waals surface area contributed by atoms with Crippen LogP contribution in [0.25, 0.3) is 0 Å². The molecule has 0 aliphatic carbocycles. The van der Waals surface area contributed by atoms with Crippen LogP contribution in [0.5, 0.6) is 11.5 Å². The van der Waals surface area contributed by atoms with Gasteiger partial charge in [-0.15, -0.1) is 0 Å². The normalized spacial score (nSPS) is 10.6. The Kier molecular flexibility index (Phi) is 6.44. The van der Waals surface area contributed by atoms with Crippen molar-refractivity contribution in [2.24, 2.45) is 0 Å². The predicted octanol–water partition coefficient (Wildman–Crippen LogP) is 4.44. The number of rotatable bonds is 7. The van der Waals surface area contributed by atoms with Gasteiger partial charge in [0.25, 0.3) is 0 Å². The molecule has 1 amide bonds. The molecule has 0 spiro atoms. The van der Waals surface area contributed by atoms with Crippen molar-refractivity contribution < 1.29 is 14.3 Å². The number of carbonyl (C=O) groups excluding carboxylic acids is 1. The lowest BCUT2D eigenvalue weighted by Gasteiger charge is -2.14. The van der Waals surface area contributed by atoms with E-state index < -0.39 is 0 Å². The van der Waals surface area contributed by atoms with Gasteiger partial charge in [-0.25, -0.2) is 4.68 Å². The summed E-state index contributed by atoms with van der Waals surface area (Å²) in [5.74, 6) is 1.57. The van der Waals surface area contributed by atoms with Crippen LogP contribution in [-0.4, -0.2) is 29.9 Å². The summed E-state index contributed by atoms with van der Waals surface area (Å²) < 4.78 is 12.5. The first kappa shape index (κ1) is 20.0. The maximum absolute atomic E-state index is 12.5. The summed E-state index contributed by atoms with van der Waals surface area (Å²) in [6.07, 6.45) is 1.68. The molecule has 0 saturated carbocycles. The molecule has 1 aromatic heterocycles. The summed E-state index contributed by atoms with van der Waals surface area (Å²) in [7, 11) is 3.17. The highest BCUT2D eigenvalue weighted by molar-refractivity contribution is 6.36. The molecule has 0 aliphatic heterocycles. The van der Waals surface area contributed by atoms with Crippen LogP contribution in [0.2, 0.25) is 10.0 Å². The van der Waals surface area contributed by atoms with E-state index in [4.69, 9.17) is 32.7 Å². The number of aromatic nitrogens is 2. The first-order valence-corrected chi connectivity index (χ1v) is 9.23. The minimum atomic E-state index is -0.241. The zero-order chi connectivity index (χ0) is 20.1. The summed E-state index contributed by atoms with van der Waals surface area (Å²) in [5, 5.41) is 8.05. The van der Waals surface area contributed by atoms with E-state index in [9.17, 15) is 4.79 Å². The SMILES string of the molecule is COc1cccc(Cn2nccc2NC(=O)Cc2c(Cl)cccc2Cl)c1OC. The number of para-hydroxylation sites is 1. The average molecular weight is 420 g/mol. The third-order valence-electron chi connectivity index (χ3n) is 4.19. The first-order chi connectivity index (χ1) is 13.5. The third-order valence-corrected chi connectivity index (χ3v) is 4.90. The molecule has 28 heavy (non-hydrogen) atoms. The van der Waals surface area contributed by atoms with Crippen LogP contribution in [-0.2, 0) is 17.8 Å². The Morgan fingerprint density at radius 1 is 1.07 bits per heavy atom. The van der Waals surface area contributed by atoms with E-state index in [0.717, 1.165) is 5.56 Å². The Hall–Kier alpha value is -2.70. The van der Waals surface area contributed by atoms with Crippen LogP contribution < -0.4 is 14.8 Å². The van der Waals surface area contributed by atoms with Crippen molar-refractivity contribution in [1.29, 1.82) is 0 Å². The minimum Gasteiger partial charge on any atom is -0.493 e. The van der Waals surface area contributed by atoms with Crippen LogP contribution >= 0.6 is 23.2 Å². The van der Waals surface area contributed by atoms with E-state index in [1.807, 2.05) is 18.2 Å². The molecule has 3 rings (SSSR count). The molecular weight excluding hydrogens is 401 g/mol. The number of nitrogens with one attached hydrogen (secondary N) is 1. The maximum Gasteiger partial charge on any atom is 0.230 e. The number of amides is 1. The smallest absolute Gasteiger partial charge is 0.230 e. The number of hydrogen-bond acceptors (Lipinski definition) is 4. The number of carbonyl (C=O) groups is 1. The number of nitrogens with zero attached hydrogens (tertiary/aromatic N) is 2. The second-order valence-corrected chi connectivity index (χ2v) is 6.77. The maximum atomic E-state index is 12.5. The van der Waals surface area contributed by atoms with Crippen molar-refractivity contribution in [3.05, 3.63) is 69.8 Å². The molecule has 3 aromatic rings. The number of benzene rings is 2. The van der Waals surface area contributed by atoms with Crippen molar-refractivity contribution in [3.8, 4) is 11.5 Å². The molecule has 0 aliphatic rings. The van der Waals surface area contributed by atoms with Crippen molar-refractivity contribution in [2.45, 2.75) is 13.0 Å². The van der Waals surface area contributed by atoms with E-state index in [-0.39, 0.29) is 12.3 Å². The summed E-state index contributed by atoms with van der Waals surface area (Å²) in [6, 6.07) is 12.5. The van der Waals surface area contributed by atoms with Crippen molar-refractivity contribution >= 4 is 34.9 Å². The summed E-state index contributed by atoms with van der Waals surface area (Å²) in [5.41, 5.74) is 1.46. The van der Waals surface area contributed by atoms with E-state index in [2.05, 4.69) is 10.4 Å². The lowest BCUT2D eigenvalue weighted by Crippen LogP contribution is -2.18. The number of anilines is 1. The fourth-order valence-electron chi connectivity index (χ4n) is 2.85. The van der Waals surface area contributed by atoms with Crippen LogP contribution in [0.1, 0.15) is 11.1 Å². The first-order valence-electron chi connectivity index (χ1n) is 8.48. The average Bonchev–Trinajstić information content (AvgIpc) is 3.11. The van der Waals surface area contributed by atoms with Crippen LogP contribution in [0, 0.1) is 0 Å². The van der Waals surface area contributed by atoms with Crippen molar-refractivity contribution in [2.75, 3.05) is 19.5 Å². The van der Waals surface area contributed by atoms with Crippen LogP contribution in [0.3, 0.4) is 0 Å². The number of halogens is 2.